The number of hydrogen-bond donors (Lipinski definition) is 2. The Hall–Kier alpha value is -0.920. The Morgan fingerprint density at radius 3 is 2.32 bits per heavy atom. The van der Waals surface area contributed by atoms with E-state index in [0.717, 1.165) is 0 Å². The van der Waals surface area contributed by atoms with E-state index in [1.54, 1.807) is 19.1 Å². The summed E-state index contributed by atoms with van der Waals surface area (Å²) in [6.07, 6.45) is 0.679. The highest BCUT2D eigenvalue weighted by atomic mass is 79.9. The van der Waals surface area contributed by atoms with Gasteiger partial charge in [0.1, 0.15) is 0 Å². The number of carbonyl (C=O) groups excluding carboxylic acids is 1. The Balaban J connectivity index is 2.80. The molecule has 0 saturated carbocycles. The Labute approximate surface area is 122 Å². The molecule has 2 N–H and O–H groups in total. The van der Waals surface area contributed by atoms with Crippen LogP contribution in [0.3, 0.4) is 0 Å². The number of amides is 1. The second kappa shape index (κ2) is 7.02. The molecule has 1 unspecified atom stereocenters. The highest BCUT2D eigenvalue weighted by Gasteiger charge is 2.14. The number of benzene rings is 1. The molecule has 0 aliphatic rings. The minimum absolute atomic E-state index is 0.148. The molecule has 0 radical (unpaired) electrons. The van der Waals surface area contributed by atoms with Crippen LogP contribution < -0.4 is 10.0 Å². The number of nitrogens with one attached hydrogen (secondary N) is 2. The second-order valence-electron chi connectivity index (χ2n) is 3.89. The van der Waals surface area contributed by atoms with Gasteiger partial charge in [-0.15, -0.1) is 0 Å². The summed E-state index contributed by atoms with van der Waals surface area (Å²) in [6.45, 7) is 3.95. The summed E-state index contributed by atoms with van der Waals surface area (Å²) in [5, 5.41) is 2.70. The summed E-state index contributed by atoms with van der Waals surface area (Å²) in [5.74, 6) is -0.148. The predicted molar refractivity (Wildman–Crippen MR) is 78.9 cm³/mol. The Bertz CT molecular complexity index is 528. The van der Waals surface area contributed by atoms with Crippen LogP contribution in [0.1, 0.15) is 20.3 Å². The zero-order chi connectivity index (χ0) is 14.5. The highest BCUT2D eigenvalue weighted by molar-refractivity contribution is 9.10. The molecular formula is C12H17BrN2O3S. The third-order valence-electron chi connectivity index (χ3n) is 2.41. The number of hydrogen-bond acceptors (Lipinski definition) is 3. The smallest absolute Gasteiger partial charge is 0.240 e. The van der Waals surface area contributed by atoms with Gasteiger partial charge in [-0.1, -0.05) is 29.8 Å². The van der Waals surface area contributed by atoms with Crippen LogP contribution >= 0.6 is 15.9 Å². The summed E-state index contributed by atoms with van der Waals surface area (Å²) in [5.41, 5.74) is 0.568. The van der Waals surface area contributed by atoms with Crippen molar-refractivity contribution in [3.05, 3.63) is 24.3 Å². The minimum Gasteiger partial charge on any atom is -0.325 e. The van der Waals surface area contributed by atoms with E-state index < -0.39 is 10.0 Å². The SMILES string of the molecule is CCNS(=O)(=O)c1ccc(NC(=O)C(Br)CC)cc1. The predicted octanol–water partition coefficient (Wildman–Crippen LogP) is 2.10. The molecule has 0 heterocycles. The van der Waals surface area contributed by atoms with Crippen LogP contribution in [0.25, 0.3) is 0 Å². The highest BCUT2D eigenvalue weighted by Crippen LogP contribution is 2.15. The monoisotopic (exact) mass is 348 g/mol. The first-order valence-electron chi connectivity index (χ1n) is 5.95. The molecule has 1 rings (SSSR count). The number of rotatable bonds is 6. The number of sulfonamides is 1. The molecule has 1 aromatic rings. The lowest BCUT2D eigenvalue weighted by atomic mass is 10.3. The number of carbonyl (C=O) groups is 1. The lowest BCUT2D eigenvalue weighted by Gasteiger charge is -2.09. The van der Waals surface area contributed by atoms with E-state index in [2.05, 4.69) is 26.0 Å². The second-order valence-corrected chi connectivity index (χ2v) is 6.76. The normalized spacial score (nSPS) is 13.0. The van der Waals surface area contributed by atoms with E-state index in [1.807, 2.05) is 6.92 Å². The van der Waals surface area contributed by atoms with Crippen molar-refractivity contribution in [2.75, 3.05) is 11.9 Å². The maximum Gasteiger partial charge on any atom is 0.240 e. The molecule has 0 saturated heterocycles. The van der Waals surface area contributed by atoms with Gasteiger partial charge in [-0.3, -0.25) is 4.79 Å². The molecule has 7 heteroatoms. The fourth-order valence-electron chi connectivity index (χ4n) is 1.40. The van der Waals surface area contributed by atoms with Crippen LogP contribution in [-0.4, -0.2) is 25.7 Å². The van der Waals surface area contributed by atoms with E-state index in [1.165, 1.54) is 12.1 Å². The summed E-state index contributed by atoms with van der Waals surface area (Å²) in [4.78, 5) is 11.6. The Morgan fingerprint density at radius 2 is 1.84 bits per heavy atom. The first kappa shape index (κ1) is 16.1. The van der Waals surface area contributed by atoms with Gasteiger partial charge >= 0.3 is 0 Å². The van der Waals surface area contributed by atoms with Gasteiger partial charge in [0.25, 0.3) is 0 Å². The maximum atomic E-state index is 11.7. The van der Waals surface area contributed by atoms with Crippen molar-refractivity contribution in [3.8, 4) is 0 Å². The van der Waals surface area contributed by atoms with Crippen LogP contribution in [0.2, 0.25) is 0 Å². The maximum absolute atomic E-state index is 11.7. The molecule has 1 atom stereocenters. The van der Waals surface area contributed by atoms with Crippen molar-refractivity contribution >= 4 is 37.5 Å². The standard InChI is InChI=1S/C12H17BrN2O3S/c1-3-11(13)12(16)15-9-5-7-10(8-6-9)19(17,18)14-4-2/h5-8,11,14H,3-4H2,1-2H3,(H,15,16). The quantitative estimate of drug-likeness (QED) is 0.773. The zero-order valence-corrected chi connectivity index (χ0v) is 13.2. The third kappa shape index (κ3) is 4.59. The summed E-state index contributed by atoms with van der Waals surface area (Å²) in [7, 11) is -3.45. The van der Waals surface area contributed by atoms with E-state index in [9.17, 15) is 13.2 Å². The van der Waals surface area contributed by atoms with Gasteiger partial charge in [-0.05, 0) is 30.7 Å². The molecule has 1 aromatic carbocycles. The van der Waals surface area contributed by atoms with Gasteiger partial charge < -0.3 is 5.32 Å². The summed E-state index contributed by atoms with van der Waals surface area (Å²) < 4.78 is 25.8. The zero-order valence-electron chi connectivity index (χ0n) is 10.8. The van der Waals surface area contributed by atoms with Crippen molar-refractivity contribution in [3.63, 3.8) is 0 Å². The van der Waals surface area contributed by atoms with Gasteiger partial charge in [0.2, 0.25) is 15.9 Å². The molecule has 0 fully saturated rings. The van der Waals surface area contributed by atoms with Crippen molar-refractivity contribution in [1.29, 1.82) is 0 Å². The molecule has 106 valence electrons. The van der Waals surface area contributed by atoms with Crippen LogP contribution in [0.15, 0.2) is 29.2 Å². The van der Waals surface area contributed by atoms with E-state index >= 15 is 0 Å². The lowest BCUT2D eigenvalue weighted by molar-refractivity contribution is -0.115. The molecule has 0 aromatic heterocycles. The lowest BCUT2D eigenvalue weighted by Crippen LogP contribution is -2.23. The van der Waals surface area contributed by atoms with Crippen molar-refractivity contribution < 1.29 is 13.2 Å². The summed E-state index contributed by atoms with van der Waals surface area (Å²) in [6, 6.07) is 6.06. The Kier molecular flexibility index (Phi) is 5.96. The van der Waals surface area contributed by atoms with Crippen LogP contribution in [-0.2, 0) is 14.8 Å². The fourth-order valence-corrected chi connectivity index (χ4v) is 2.55. The largest absolute Gasteiger partial charge is 0.325 e. The molecule has 0 bridgehead atoms. The average Bonchev–Trinajstić information content (AvgIpc) is 2.38. The first-order chi connectivity index (χ1) is 8.90. The van der Waals surface area contributed by atoms with Gasteiger partial charge in [-0.2, -0.15) is 0 Å². The molecule has 0 aliphatic carbocycles. The summed E-state index contributed by atoms with van der Waals surface area (Å²) >= 11 is 3.25. The Morgan fingerprint density at radius 1 is 1.26 bits per heavy atom. The first-order valence-corrected chi connectivity index (χ1v) is 8.35. The van der Waals surface area contributed by atoms with Crippen LogP contribution in [0.5, 0.6) is 0 Å². The van der Waals surface area contributed by atoms with Gasteiger partial charge in [0, 0.05) is 12.2 Å². The van der Waals surface area contributed by atoms with Crippen molar-refractivity contribution in [2.45, 2.75) is 30.0 Å². The molecule has 5 nitrogen and oxygen atoms in total. The third-order valence-corrected chi connectivity index (χ3v) is 5.03. The van der Waals surface area contributed by atoms with E-state index in [0.29, 0.717) is 18.7 Å². The van der Waals surface area contributed by atoms with Gasteiger partial charge in [-0.25, -0.2) is 13.1 Å². The molecule has 0 aliphatic heterocycles. The topological polar surface area (TPSA) is 75.3 Å². The molecular weight excluding hydrogens is 332 g/mol. The molecule has 19 heavy (non-hydrogen) atoms. The number of alkyl halides is 1. The van der Waals surface area contributed by atoms with Crippen molar-refractivity contribution in [2.24, 2.45) is 0 Å². The molecule has 1 amide bonds. The fraction of sp³-hybridized carbons (Fsp3) is 0.417. The molecule has 0 spiro atoms. The van der Waals surface area contributed by atoms with Crippen molar-refractivity contribution in [1.82, 2.24) is 4.72 Å². The van der Waals surface area contributed by atoms with Gasteiger partial charge in [0.05, 0.1) is 9.72 Å². The average molecular weight is 349 g/mol. The van der Waals surface area contributed by atoms with E-state index in [-0.39, 0.29) is 15.6 Å². The minimum atomic E-state index is -3.45. The van der Waals surface area contributed by atoms with Crippen LogP contribution in [0.4, 0.5) is 5.69 Å². The van der Waals surface area contributed by atoms with E-state index in [4.69, 9.17) is 0 Å². The van der Waals surface area contributed by atoms with Crippen LogP contribution in [0, 0.1) is 0 Å². The number of anilines is 1. The van der Waals surface area contributed by atoms with Gasteiger partial charge in [0.15, 0.2) is 0 Å². The number of halogens is 1.